The van der Waals surface area contributed by atoms with Crippen molar-refractivity contribution < 1.29 is 0 Å². The maximum atomic E-state index is 4.45. The summed E-state index contributed by atoms with van der Waals surface area (Å²) in [6, 6.07) is 19.9. The van der Waals surface area contributed by atoms with Crippen molar-refractivity contribution in [3.63, 3.8) is 0 Å². The first-order valence-electron chi connectivity index (χ1n) is 7.38. The van der Waals surface area contributed by atoms with Crippen molar-refractivity contribution >= 4 is 0 Å². The van der Waals surface area contributed by atoms with Gasteiger partial charge in [-0.3, -0.25) is 9.97 Å². The summed E-state index contributed by atoms with van der Waals surface area (Å²) in [7, 11) is 0. The number of nitrogens with zero attached hydrogens (tertiary/aromatic N) is 4. The standard InChI is InChI=1S/C19H14N4/c1-3-10-20-18(8-1)15-6-5-7-17(12-15)23-14-16(13-22-23)19-9-2-4-11-21-19/h1-14H. The number of benzene rings is 1. The van der Waals surface area contributed by atoms with Crippen molar-refractivity contribution in [1.82, 2.24) is 19.7 Å². The van der Waals surface area contributed by atoms with Gasteiger partial charge >= 0.3 is 0 Å². The Morgan fingerprint density at radius 1 is 0.696 bits per heavy atom. The first-order valence-corrected chi connectivity index (χ1v) is 7.38. The highest BCUT2D eigenvalue weighted by Crippen LogP contribution is 2.21. The molecule has 0 saturated heterocycles. The van der Waals surface area contributed by atoms with Gasteiger partial charge in [-0.1, -0.05) is 24.3 Å². The summed E-state index contributed by atoms with van der Waals surface area (Å²) in [5.41, 5.74) is 4.92. The van der Waals surface area contributed by atoms with E-state index in [-0.39, 0.29) is 0 Å². The van der Waals surface area contributed by atoms with Gasteiger partial charge in [0.2, 0.25) is 0 Å². The molecule has 0 fully saturated rings. The smallest absolute Gasteiger partial charge is 0.0733 e. The van der Waals surface area contributed by atoms with E-state index < -0.39 is 0 Å². The summed E-state index contributed by atoms with van der Waals surface area (Å²) in [6.07, 6.45) is 7.40. The fourth-order valence-electron chi connectivity index (χ4n) is 2.47. The lowest BCUT2D eigenvalue weighted by Crippen LogP contribution is -1.94. The van der Waals surface area contributed by atoms with E-state index in [1.165, 1.54) is 0 Å². The van der Waals surface area contributed by atoms with Crippen LogP contribution in [0.2, 0.25) is 0 Å². The van der Waals surface area contributed by atoms with Gasteiger partial charge < -0.3 is 0 Å². The Bertz CT molecular complexity index is 914. The van der Waals surface area contributed by atoms with E-state index >= 15 is 0 Å². The van der Waals surface area contributed by atoms with Gasteiger partial charge in [-0.05, 0) is 36.4 Å². The van der Waals surface area contributed by atoms with Gasteiger partial charge in [-0.25, -0.2) is 4.68 Å². The molecule has 4 nitrogen and oxygen atoms in total. The topological polar surface area (TPSA) is 43.6 Å². The van der Waals surface area contributed by atoms with E-state index in [4.69, 9.17) is 0 Å². The van der Waals surface area contributed by atoms with Gasteiger partial charge in [0.1, 0.15) is 0 Å². The zero-order valence-electron chi connectivity index (χ0n) is 12.4. The molecule has 0 aliphatic carbocycles. The lowest BCUT2D eigenvalue weighted by molar-refractivity contribution is 0.881. The van der Waals surface area contributed by atoms with Gasteiger partial charge in [0.05, 0.1) is 23.3 Å². The van der Waals surface area contributed by atoms with Crippen LogP contribution in [0.3, 0.4) is 0 Å². The molecule has 0 amide bonds. The summed E-state index contributed by atoms with van der Waals surface area (Å²) < 4.78 is 1.86. The lowest BCUT2D eigenvalue weighted by atomic mass is 10.1. The van der Waals surface area contributed by atoms with Crippen molar-refractivity contribution in [3.8, 4) is 28.2 Å². The molecule has 3 aromatic heterocycles. The van der Waals surface area contributed by atoms with Crippen LogP contribution in [0, 0.1) is 0 Å². The first kappa shape index (κ1) is 13.4. The van der Waals surface area contributed by atoms with Gasteiger partial charge in [-0.15, -0.1) is 0 Å². The molecule has 1 aromatic carbocycles. The fraction of sp³-hybridized carbons (Fsp3) is 0. The Balaban J connectivity index is 1.71. The van der Waals surface area contributed by atoms with Crippen LogP contribution in [0.25, 0.3) is 28.2 Å². The minimum absolute atomic E-state index is 0.916. The monoisotopic (exact) mass is 298 g/mol. The minimum Gasteiger partial charge on any atom is -0.256 e. The number of rotatable bonds is 3. The molecule has 0 N–H and O–H groups in total. The van der Waals surface area contributed by atoms with Crippen molar-refractivity contribution in [2.45, 2.75) is 0 Å². The molecule has 0 aliphatic heterocycles. The Labute approximate surface area is 134 Å². The van der Waals surface area contributed by atoms with E-state index in [2.05, 4.69) is 27.2 Å². The summed E-state index contributed by atoms with van der Waals surface area (Å²) in [5, 5.41) is 4.45. The second-order valence-corrected chi connectivity index (χ2v) is 5.15. The summed E-state index contributed by atoms with van der Waals surface area (Å²) in [4.78, 5) is 8.75. The molecule has 23 heavy (non-hydrogen) atoms. The first-order chi connectivity index (χ1) is 11.4. The molecule has 4 aromatic rings. The molecule has 4 rings (SSSR count). The lowest BCUT2D eigenvalue weighted by Gasteiger charge is -2.05. The molecular formula is C19H14N4. The third-order valence-electron chi connectivity index (χ3n) is 3.61. The predicted molar refractivity (Wildman–Crippen MR) is 90.0 cm³/mol. The predicted octanol–water partition coefficient (Wildman–Crippen LogP) is 4.00. The second kappa shape index (κ2) is 5.85. The maximum absolute atomic E-state index is 4.45. The fourth-order valence-corrected chi connectivity index (χ4v) is 2.47. The summed E-state index contributed by atoms with van der Waals surface area (Å²) in [6.45, 7) is 0. The Hall–Kier alpha value is -3.27. The molecule has 0 unspecified atom stereocenters. The number of hydrogen-bond donors (Lipinski definition) is 0. The van der Waals surface area contributed by atoms with Crippen LogP contribution in [0.4, 0.5) is 0 Å². The Kier molecular flexibility index (Phi) is 3.41. The van der Waals surface area contributed by atoms with E-state index in [0.29, 0.717) is 0 Å². The minimum atomic E-state index is 0.916. The molecule has 0 radical (unpaired) electrons. The van der Waals surface area contributed by atoms with E-state index in [9.17, 15) is 0 Å². The molecule has 3 heterocycles. The van der Waals surface area contributed by atoms with Crippen LogP contribution in [0.5, 0.6) is 0 Å². The van der Waals surface area contributed by atoms with Crippen LogP contribution in [-0.4, -0.2) is 19.7 Å². The number of aromatic nitrogens is 4. The van der Waals surface area contributed by atoms with Crippen LogP contribution in [-0.2, 0) is 0 Å². The molecule has 0 spiro atoms. The molecule has 0 bridgehead atoms. The van der Waals surface area contributed by atoms with Crippen LogP contribution in [0.15, 0.2) is 85.5 Å². The SMILES string of the molecule is c1ccc(-c2cccc(-n3cc(-c4ccccn4)cn3)c2)nc1. The zero-order chi connectivity index (χ0) is 15.5. The highest BCUT2D eigenvalue weighted by atomic mass is 15.3. The van der Waals surface area contributed by atoms with Crippen LogP contribution < -0.4 is 0 Å². The average molecular weight is 298 g/mol. The molecule has 0 aliphatic rings. The molecular weight excluding hydrogens is 284 g/mol. The van der Waals surface area contributed by atoms with Crippen LogP contribution >= 0.6 is 0 Å². The zero-order valence-corrected chi connectivity index (χ0v) is 12.4. The third-order valence-corrected chi connectivity index (χ3v) is 3.61. The van der Waals surface area contributed by atoms with Crippen molar-refractivity contribution in [2.24, 2.45) is 0 Å². The molecule has 0 atom stereocenters. The third kappa shape index (κ3) is 2.74. The van der Waals surface area contributed by atoms with Gasteiger partial charge in [0.25, 0.3) is 0 Å². The molecule has 0 saturated carbocycles. The second-order valence-electron chi connectivity index (χ2n) is 5.15. The normalized spacial score (nSPS) is 10.6. The van der Waals surface area contributed by atoms with E-state index in [1.807, 2.05) is 65.6 Å². The Morgan fingerprint density at radius 3 is 2.13 bits per heavy atom. The van der Waals surface area contributed by atoms with Crippen molar-refractivity contribution in [3.05, 3.63) is 85.5 Å². The largest absolute Gasteiger partial charge is 0.256 e. The number of hydrogen-bond acceptors (Lipinski definition) is 3. The Morgan fingerprint density at radius 2 is 1.43 bits per heavy atom. The number of pyridine rings is 2. The molecule has 4 heteroatoms. The maximum Gasteiger partial charge on any atom is 0.0733 e. The van der Waals surface area contributed by atoms with E-state index in [0.717, 1.165) is 28.2 Å². The summed E-state index contributed by atoms with van der Waals surface area (Å²) >= 11 is 0. The van der Waals surface area contributed by atoms with Crippen molar-refractivity contribution in [1.29, 1.82) is 0 Å². The highest BCUT2D eigenvalue weighted by molar-refractivity contribution is 5.63. The average Bonchev–Trinajstić information content (AvgIpc) is 3.14. The van der Waals surface area contributed by atoms with E-state index in [1.54, 1.807) is 12.4 Å². The van der Waals surface area contributed by atoms with Gasteiger partial charge in [0.15, 0.2) is 0 Å². The van der Waals surface area contributed by atoms with Gasteiger partial charge in [0, 0.05) is 29.7 Å². The quantitative estimate of drug-likeness (QED) is 0.574. The van der Waals surface area contributed by atoms with Crippen molar-refractivity contribution in [2.75, 3.05) is 0 Å². The summed E-state index contributed by atoms with van der Waals surface area (Å²) in [5.74, 6) is 0. The van der Waals surface area contributed by atoms with Gasteiger partial charge in [-0.2, -0.15) is 5.10 Å². The highest BCUT2D eigenvalue weighted by Gasteiger charge is 2.06. The molecule has 110 valence electrons. The van der Waals surface area contributed by atoms with Crippen LogP contribution in [0.1, 0.15) is 0 Å².